The number of likely N-dealkylation sites (N-methyl/N-ethyl adjacent to an activating group) is 1. The van der Waals surface area contributed by atoms with Crippen LogP contribution in [0.25, 0.3) is 0 Å². The molecule has 1 aromatic carbocycles. The number of ether oxygens (including phenoxy) is 1. The van der Waals surface area contributed by atoms with Crippen molar-refractivity contribution >= 4 is 5.96 Å². The van der Waals surface area contributed by atoms with E-state index in [1.165, 1.54) is 25.0 Å². The fourth-order valence-electron chi connectivity index (χ4n) is 3.68. The number of benzene rings is 1. The Morgan fingerprint density at radius 2 is 1.86 bits per heavy atom. The molecule has 2 atom stereocenters. The summed E-state index contributed by atoms with van der Waals surface area (Å²) < 4.78 is 18.9. The lowest BCUT2D eigenvalue weighted by Gasteiger charge is -2.35. The second-order valence-electron chi connectivity index (χ2n) is 7.80. The Kier molecular flexibility index (Phi) is 7.65. The molecule has 2 fully saturated rings. The predicted octanol–water partition coefficient (Wildman–Crippen LogP) is 1.85. The maximum absolute atomic E-state index is 13.4. The minimum atomic E-state index is -0.205. The summed E-state index contributed by atoms with van der Waals surface area (Å²) in [5.41, 5.74) is 1.10. The first-order chi connectivity index (χ1) is 13.6. The summed E-state index contributed by atoms with van der Waals surface area (Å²) in [5.74, 6) is 0.597. The molecular formula is C21H34FN5O. The highest BCUT2D eigenvalue weighted by Gasteiger charge is 2.29. The van der Waals surface area contributed by atoms with Gasteiger partial charge in [0.15, 0.2) is 5.96 Å². The van der Waals surface area contributed by atoms with Crippen LogP contribution >= 0.6 is 0 Å². The number of hydrogen-bond acceptors (Lipinski definition) is 4. The normalized spacial score (nSPS) is 20.8. The van der Waals surface area contributed by atoms with Crippen LogP contribution in [-0.2, 0) is 4.74 Å². The molecule has 1 heterocycles. The molecule has 28 heavy (non-hydrogen) atoms. The van der Waals surface area contributed by atoms with Gasteiger partial charge in [0.25, 0.3) is 0 Å². The van der Waals surface area contributed by atoms with E-state index >= 15 is 0 Å². The van der Waals surface area contributed by atoms with Crippen LogP contribution in [0.4, 0.5) is 4.39 Å². The predicted molar refractivity (Wildman–Crippen MR) is 111 cm³/mol. The fraction of sp³-hybridized carbons (Fsp3) is 0.667. The molecule has 2 unspecified atom stereocenters. The van der Waals surface area contributed by atoms with Gasteiger partial charge in [0.1, 0.15) is 5.82 Å². The van der Waals surface area contributed by atoms with Crippen LogP contribution < -0.4 is 10.6 Å². The van der Waals surface area contributed by atoms with Gasteiger partial charge in [0.05, 0.1) is 19.3 Å². The number of hydrogen-bond donors (Lipinski definition) is 2. The van der Waals surface area contributed by atoms with Crippen molar-refractivity contribution in [1.82, 2.24) is 20.4 Å². The van der Waals surface area contributed by atoms with E-state index in [1.54, 1.807) is 7.05 Å². The van der Waals surface area contributed by atoms with Gasteiger partial charge in [-0.25, -0.2) is 4.39 Å². The molecule has 6 nitrogen and oxygen atoms in total. The molecule has 1 saturated carbocycles. The van der Waals surface area contributed by atoms with Crippen molar-refractivity contribution in [2.24, 2.45) is 4.99 Å². The van der Waals surface area contributed by atoms with Crippen molar-refractivity contribution in [3.8, 4) is 0 Å². The fourth-order valence-corrected chi connectivity index (χ4v) is 3.68. The third-order valence-corrected chi connectivity index (χ3v) is 5.81. The highest BCUT2D eigenvalue weighted by Crippen LogP contribution is 2.26. The van der Waals surface area contributed by atoms with Crippen LogP contribution in [-0.4, -0.2) is 81.3 Å². The molecule has 1 aliphatic heterocycles. The van der Waals surface area contributed by atoms with E-state index in [1.807, 2.05) is 12.1 Å². The molecule has 7 heteroatoms. The van der Waals surface area contributed by atoms with Gasteiger partial charge in [0, 0.05) is 45.3 Å². The molecule has 2 aliphatic rings. The highest BCUT2D eigenvalue weighted by atomic mass is 19.1. The van der Waals surface area contributed by atoms with Gasteiger partial charge in [-0.05, 0) is 44.5 Å². The average Bonchev–Trinajstić information content (AvgIpc) is 3.57. The number of nitrogens with one attached hydrogen (secondary N) is 2. The molecular weight excluding hydrogens is 357 g/mol. The zero-order valence-electron chi connectivity index (χ0n) is 17.3. The molecule has 0 amide bonds. The van der Waals surface area contributed by atoms with Crippen molar-refractivity contribution < 1.29 is 9.13 Å². The number of guanidine groups is 1. The molecule has 1 saturated heterocycles. The summed E-state index contributed by atoms with van der Waals surface area (Å²) in [6, 6.07) is 8.17. The molecule has 1 aromatic rings. The zero-order chi connectivity index (χ0) is 19.9. The van der Waals surface area contributed by atoms with Crippen LogP contribution in [0.1, 0.15) is 31.4 Å². The first-order valence-electron chi connectivity index (χ1n) is 10.3. The third kappa shape index (κ3) is 5.90. The smallest absolute Gasteiger partial charge is 0.191 e. The van der Waals surface area contributed by atoms with Gasteiger partial charge in [-0.15, -0.1) is 0 Å². The summed E-state index contributed by atoms with van der Waals surface area (Å²) in [6.45, 7) is 7.01. The maximum Gasteiger partial charge on any atom is 0.191 e. The molecule has 0 radical (unpaired) electrons. The lowest BCUT2D eigenvalue weighted by Crippen LogP contribution is -2.48. The van der Waals surface area contributed by atoms with E-state index in [9.17, 15) is 4.39 Å². The monoisotopic (exact) mass is 391 g/mol. The summed E-state index contributed by atoms with van der Waals surface area (Å²) in [4.78, 5) is 9.21. The number of aliphatic imine (C=N–C) groups is 1. The van der Waals surface area contributed by atoms with E-state index in [0.717, 1.165) is 50.4 Å². The topological polar surface area (TPSA) is 52.1 Å². The van der Waals surface area contributed by atoms with E-state index in [0.29, 0.717) is 12.6 Å². The largest absolute Gasteiger partial charge is 0.379 e. The van der Waals surface area contributed by atoms with Gasteiger partial charge < -0.3 is 15.4 Å². The molecule has 2 N–H and O–H groups in total. The second-order valence-corrected chi connectivity index (χ2v) is 7.80. The standard InChI is InChI=1S/C21H34FN5O/c1-16(26(3)19-8-9-19)14-24-21(23-2)25-15-20(27-10-12-28-13-11-27)17-4-6-18(22)7-5-17/h4-7,16,19-20H,8-15H2,1-3H3,(H2,23,24,25). The Hall–Kier alpha value is -1.70. The molecule has 156 valence electrons. The molecule has 0 spiro atoms. The second kappa shape index (κ2) is 10.2. The number of nitrogens with zero attached hydrogens (tertiary/aromatic N) is 3. The Balaban J connectivity index is 1.56. The Labute approximate surface area is 168 Å². The summed E-state index contributed by atoms with van der Waals surface area (Å²) >= 11 is 0. The SMILES string of the molecule is CN=C(NCC(c1ccc(F)cc1)N1CCOCC1)NCC(C)N(C)C1CC1. The van der Waals surface area contributed by atoms with Gasteiger partial charge in [-0.2, -0.15) is 0 Å². The van der Waals surface area contributed by atoms with Crippen LogP contribution in [0, 0.1) is 5.82 Å². The van der Waals surface area contributed by atoms with Crippen molar-refractivity contribution in [3.63, 3.8) is 0 Å². The maximum atomic E-state index is 13.4. The summed E-state index contributed by atoms with van der Waals surface area (Å²) in [5, 5.41) is 6.91. The lowest BCUT2D eigenvalue weighted by atomic mass is 10.0. The highest BCUT2D eigenvalue weighted by molar-refractivity contribution is 5.79. The zero-order valence-corrected chi connectivity index (χ0v) is 17.3. The van der Waals surface area contributed by atoms with Crippen LogP contribution in [0.2, 0.25) is 0 Å². The van der Waals surface area contributed by atoms with Crippen molar-refractivity contribution in [2.75, 3.05) is 53.5 Å². The van der Waals surface area contributed by atoms with E-state index in [4.69, 9.17) is 4.74 Å². The van der Waals surface area contributed by atoms with Crippen LogP contribution in [0.5, 0.6) is 0 Å². The Bertz CT molecular complexity index is 628. The van der Waals surface area contributed by atoms with Gasteiger partial charge in [-0.3, -0.25) is 14.8 Å². The van der Waals surface area contributed by atoms with E-state index < -0.39 is 0 Å². The summed E-state index contributed by atoms with van der Waals surface area (Å²) in [6.07, 6.45) is 2.62. The molecule has 1 aliphatic carbocycles. The minimum absolute atomic E-state index is 0.148. The van der Waals surface area contributed by atoms with Gasteiger partial charge in [0.2, 0.25) is 0 Å². The summed E-state index contributed by atoms with van der Waals surface area (Å²) in [7, 11) is 4.00. The number of halogens is 1. The lowest BCUT2D eigenvalue weighted by molar-refractivity contribution is 0.0170. The molecule has 0 bridgehead atoms. The van der Waals surface area contributed by atoms with E-state index in [-0.39, 0.29) is 11.9 Å². The number of rotatable bonds is 8. The van der Waals surface area contributed by atoms with Gasteiger partial charge in [-0.1, -0.05) is 12.1 Å². The van der Waals surface area contributed by atoms with Gasteiger partial charge >= 0.3 is 0 Å². The van der Waals surface area contributed by atoms with Crippen molar-refractivity contribution in [3.05, 3.63) is 35.6 Å². The van der Waals surface area contributed by atoms with Crippen molar-refractivity contribution in [2.45, 2.75) is 37.9 Å². The Morgan fingerprint density at radius 1 is 1.21 bits per heavy atom. The molecule has 0 aromatic heterocycles. The Morgan fingerprint density at radius 3 is 2.46 bits per heavy atom. The first-order valence-corrected chi connectivity index (χ1v) is 10.3. The van der Waals surface area contributed by atoms with E-state index in [2.05, 4.69) is 39.4 Å². The minimum Gasteiger partial charge on any atom is -0.379 e. The number of morpholine rings is 1. The van der Waals surface area contributed by atoms with Crippen LogP contribution in [0.15, 0.2) is 29.3 Å². The molecule has 3 rings (SSSR count). The quantitative estimate of drug-likeness (QED) is 0.523. The first kappa shape index (κ1) is 21.0. The average molecular weight is 392 g/mol. The van der Waals surface area contributed by atoms with Crippen molar-refractivity contribution in [1.29, 1.82) is 0 Å². The van der Waals surface area contributed by atoms with Crippen LogP contribution in [0.3, 0.4) is 0 Å². The third-order valence-electron chi connectivity index (χ3n) is 5.81.